The van der Waals surface area contributed by atoms with Gasteiger partial charge in [-0.15, -0.1) is 0 Å². The Hall–Kier alpha value is -2.24. The van der Waals surface area contributed by atoms with Gasteiger partial charge in [-0.2, -0.15) is 5.26 Å². The molecular formula is C21H20ClIN2O3. The summed E-state index contributed by atoms with van der Waals surface area (Å²) >= 11 is 8.00. The molecule has 0 radical (unpaired) electrons. The number of hydrogen-bond donors (Lipinski definition) is 1. The molecule has 28 heavy (non-hydrogen) atoms. The van der Waals surface area contributed by atoms with Crippen molar-refractivity contribution in [3.05, 3.63) is 56.1 Å². The maximum absolute atomic E-state index is 12.4. The number of carbonyl (C=O) groups is 1. The molecule has 0 aromatic heterocycles. The maximum Gasteiger partial charge on any atom is 0.266 e. The van der Waals surface area contributed by atoms with Crippen molar-refractivity contribution in [2.45, 2.75) is 20.3 Å². The molecule has 0 spiro atoms. The van der Waals surface area contributed by atoms with Crippen LogP contribution in [-0.2, 0) is 4.79 Å². The number of nitrogens with zero attached hydrogens (tertiary/aromatic N) is 1. The van der Waals surface area contributed by atoms with E-state index in [9.17, 15) is 10.1 Å². The summed E-state index contributed by atoms with van der Waals surface area (Å²) in [6, 6.07) is 12.2. The zero-order chi connectivity index (χ0) is 20.5. The molecule has 0 saturated heterocycles. The van der Waals surface area contributed by atoms with Crippen molar-refractivity contribution in [3.63, 3.8) is 0 Å². The Balaban J connectivity index is 2.30. The summed E-state index contributed by atoms with van der Waals surface area (Å²) in [5, 5.41) is 12.7. The molecule has 2 rings (SSSR count). The molecule has 0 fully saturated rings. The standard InChI is InChI=1S/C21H20ClIN2O3/c1-3-9-28-20-18(23)11-14(12-19(20)27-4-2)10-15(13-24)21(26)25-17-7-5-16(22)6-8-17/h5-8,10-12H,3-4,9H2,1-2H3,(H,25,26)/b15-10-. The second kappa shape index (κ2) is 10.9. The monoisotopic (exact) mass is 510 g/mol. The molecule has 0 saturated carbocycles. The van der Waals surface area contributed by atoms with Gasteiger partial charge in [0.15, 0.2) is 11.5 Å². The third kappa shape index (κ3) is 6.14. The summed E-state index contributed by atoms with van der Waals surface area (Å²) in [4.78, 5) is 12.4. The fourth-order valence-corrected chi connectivity index (χ4v) is 3.23. The smallest absolute Gasteiger partial charge is 0.266 e. The molecule has 0 aliphatic rings. The number of hydrogen-bond acceptors (Lipinski definition) is 4. The normalized spacial score (nSPS) is 10.9. The van der Waals surface area contributed by atoms with Crippen LogP contribution < -0.4 is 14.8 Å². The number of nitriles is 1. The number of halogens is 2. The lowest BCUT2D eigenvalue weighted by molar-refractivity contribution is -0.112. The number of ether oxygens (including phenoxy) is 2. The molecule has 0 heterocycles. The number of carbonyl (C=O) groups excluding carboxylic acids is 1. The van der Waals surface area contributed by atoms with Gasteiger partial charge in [0.1, 0.15) is 11.6 Å². The summed E-state index contributed by atoms with van der Waals surface area (Å²) in [6.07, 6.45) is 2.41. The van der Waals surface area contributed by atoms with E-state index in [4.69, 9.17) is 21.1 Å². The van der Waals surface area contributed by atoms with Crippen LogP contribution in [0.15, 0.2) is 42.0 Å². The minimum Gasteiger partial charge on any atom is -0.490 e. The molecule has 7 heteroatoms. The highest BCUT2D eigenvalue weighted by atomic mass is 127. The lowest BCUT2D eigenvalue weighted by atomic mass is 10.1. The first-order valence-electron chi connectivity index (χ1n) is 8.76. The van der Waals surface area contributed by atoms with Crippen LogP contribution in [0.1, 0.15) is 25.8 Å². The molecular weight excluding hydrogens is 491 g/mol. The van der Waals surface area contributed by atoms with E-state index in [-0.39, 0.29) is 5.57 Å². The number of amides is 1. The topological polar surface area (TPSA) is 71.3 Å². The van der Waals surface area contributed by atoms with Gasteiger partial charge in [0.05, 0.1) is 16.8 Å². The van der Waals surface area contributed by atoms with Crippen LogP contribution in [0.2, 0.25) is 5.02 Å². The first kappa shape index (κ1) is 22.1. The lowest BCUT2D eigenvalue weighted by Gasteiger charge is -2.14. The van der Waals surface area contributed by atoms with Gasteiger partial charge < -0.3 is 14.8 Å². The molecule has 146 valence electrons. The Morgan fingerprint density at radius 1 is 1.25 bits per heavy atom. The van der Waals surface area contributed by atoms with E-state index in [1.165, 1.54) is 6.08 Å². The molecule has 2 aromatic carbocycles. The molecule has 2 aromatic rings. The van der Waals surface area contributed by atoms with Crippen molar-refractivity contribution in [1.82, 2.24) is 0 Å². The predicted octanol–water partition coefficient (Wildman–Crippen LogP) is 5.68. The summed E-state index contributed by atoms with van der Waals surface area (Å²) in [6.45, 7) is 4.98. The highest BCUT2D eigenvalue weighted by molar-refractivity contribution is 14.1. The van der Waals surface area contributed by atoms with Crippen LogP contribution in [0.25, 0.3) is 6.08 Å². The second-order valence-corrected chi connectivity index (χ2v) is 7.34. The molecule has 0 atom stereocenters. The van der Waals surface area contributed by atoms with Gasteiger partial charge in [-0.25, -0.2) is 0 Å². The van der Waals surface area contributed by atoms with Crippen LogP contribution in [0.3, 0.4) is 0 Å². The SMILES string of the molecule is CCCOc1c(I)cc(/C=C(/C#N)C(=O)Nc2ccc(Cl)cc2)cc1OCC. The Kier molecular flexibility index (Phi) is 8.61. The molecule has 1 N–H and O–H groups in total. The van der Waals surface area contributed by atoms with Crippen molar-refractivity contribution in [3.8, 4) is 17.6 Å². The van der Waals surface area contributed by atoms with Gasteiger partial charge in [-0.3, -0.25) is 4.79 Å². The van der Waals surface area contributed by atoms with E-state index < -0.39 is 5.91 Å². The van der Waals surface area contributed by atoms with E-state index in [2.05, 4.69) is 27.9 Å². The zero-order valence-electron chi connectivity index (χ0n) is 15.6. The Morgan fingerprint density at radius 3 is 2.57 bits per heavy atom. The van der Waals surface area contributed by atoms with Crippen LogP contribution in [-0.4, -0.2) is 19.1 Å². The van der Waals surface area contributed by atoms with E-state index in [0.29, 0.717) is 41.0 Å². The van der Waals surface area contributed by atoms with Crippen LogP contribution in [0, 0.1) is 14.9 Å². The Bertz CT molecular complexity index is 905. The number of anilines is 1. The van der Waals surface area contributed by atoms with E-state index in [1.807, 2.05) is 26.0 Å². The fraction of sp³-hybridized carbons (Fsp3) is 0.238. The first-order valence-corrected chi connectivity index (χ1v) is 10.2. The van der Waals surface area contributed by atoms with Crippen LogP contribution >= 0.6 is 34.2 Å². The quantitative estimate of drug-likeness (QED) is 0.282. The van der Waals surface area contributed by atoms with Crippen LogP contribution in [0.5, 0.6) is 11.5 Å². The number of benzene rings is 2. The zero-order valence-corrected chi connectivity index (χ0v) is 18.5. The molecule has 1 amide bonds. The predicted molar refractivity (Wildman–Crippen MR) is 120 cm³/mol. The second-order valence-electron chi connectivity index (χ2n) is 5.74. The Labute approximate surface area is 183 Å². The van der Waals surface area contributed by atoms with Gasteiger partial charge in [0.25, 0.3) is 5.91 Å². The van der Waals surface area contributed by atoms with Crippen molar-refractivity contribution < 1.29 is 14.3 Å². The summed E-state index contributed by atoms with van der Waals surface area (Å²) in [5.74, 6) is 0.763. The summed E-state index contributed by atoms with van der Waals surface area (Å²) in [7, 11) is 0. The summed E-state index contributed by atoms with van der Waals surface area (Å²) in [5.41, 5.74) is 1.22. The molecule has 0 aliphatic carbocycles. The first-order chi connectivity index (χ1) is 13.5. The van der Waals surface area contributed by atoms with Crippen molar-refractivity contribution in [1.29, 1.82) is 5.26 Å². The highest BCUT2D eigenvalue weighted by Gasteiger charge is 2.14. The fourth-order valence-electron chi connectivity index (χ4n) is 2.33. The van der Waals surface area contributed by atoms with Gasteiger partial charge >= 0.3 is 0 Å². The third-order valence-corrected chi connectivity index (χ3v) is 4.61. The average Bonchev–Trinajstić information content (AvgIpc) is 2.67. The largest absolute Gasteiger partial charge is 0.490 e. The van der Waals surface area contributed by atoms with E-state index >= 15 is 0 Å². The number of nitrogens with one attached hydrogen (secondary N) is 1. The van der Waals surface area contributed by atoms with Gasteiger partial charge in [0.2, 0.25) is 0 Å². The molecule has 5 nitrogen and oxygen atoms in total. The maximum atomic E-state index is 12.4. The van der Waals surface area contributed by atoms with Gasteiger partial charge in [-0.1, -0.05) is 18.5 Å². The molecule has 0 bridgehead atoms. The minimum atomic E-state index is -0.496. The molecule has 0 unspecified atom stereocenters. The van der Waals surface area contributed by atoms with Crippen molar-refractivity contribution in [2.75, 3.05) is 18.5 Å². The van der Waals surface area contributed by atoms with E-state index in [0.717, 1.165) is 9.99 Å². The van der Waals surface area contributed by atoms with Gasteiger partial charge in [-0.05, 0) is 84.0 Å². The van der Waals surface area contributed by atoms with Crippen molar-refractivity contribution in [2.24, 2.45) is 0 Å². The minimum absolute atomic E-state index is 0.0181. The number of rotatable bonds is 8. The van der Waals surface area contributed by atoms with E-state index in [1.54, 1.807) is 30.3 Å². The van der Waals surface area contributed by atoms with Crippen LogP contribution in [0.4, 0.5) is 5.69 Å². The highest BCUT2D eigenvalue weighted by Crippen LogP contribution is 2.35. The summed E-state index contributed by atoms with van der Waals surface area (Å²) < 4.78 is 12.3. The lowest BCUT2D eigenvalue weighted by Crippen LogP contribution is -2.13. The Morgan fingerprint density at radius 2 is 1.96 bits per heavy atom. The van der Waals surface area contributed by atoms with Gasteiger partial charge in [0, 0.05) is 10.7 Å². The van der Waals surface area contributed by atoms with Crippen molar-refractivity contribution >= 4 is 51.9 Å². The molecule has 0 aliphatic heterocycles. The third-order valence-electron chi connectivity index (χ3n) is 3.56. The average molecular weight is 511 g/mol.